The first kappa shape index (κ1) is 14.0. The highest BCUT2D eigenvalue weighted by atomic mass is 79.9. The van der Waals surface area contributed by atoms with Gasteiger partial charge < -0.3 is 0 Å². The molecule has 1 aromatic carbocycles. The van der Waals surface area contributed by atoms with E-state index in [1.807, 2.05) is 12.1 Å². The summed E-state index contributed by atoms with van der Waals surface area (Å²) >= 11 is 10.9. The minimum absolute atomic E-state index is 0.297. The lowest BCUT2D eigenvalue weighted by Gasteiger charge is -2.16. The zero-order valence-corrected chi connectivity index (χ0v) is 12.4. The number of hydrazine groups is 1. The molecule has 0 fully saturated rings. The summed E-state index contributed by atoms with van der Waals surface area (Å²) in [5, 5.41) is 0.499. The van der Waals surface area contributed by atoms with Crippen molar-refractivity contribution in [3.8, 4) is 0 Å². The van der Waals surface area contributed by atoms with Crippen molar-refractivity contribution in [1.82, 2.24) is 5.43 Å². The Morgan fingerprint density at radius 1 is 1.39 bits per heavy atom. The first-order valence-electron chi connectivity index (χ1n) is 5.25. The molecule has 0 bridgehead atoms. The lowest BCUT2D eigenvalue weighted by Crippen LogP contribution is -2.30. The van der Waals surface area contributed by atoms with E-state index < -0.39 is 0 Å². The second-order valence-electron chi connectivity index (χ2n) is 3.80. The second kappa shape index (κ2) is 6.12. The van der Waals surface area contributed by atoms with Gasteiger partial charge in [-0.2, -0.15) is 0 Å². The van der Waals surface area contributed by atoms with Crippen LogP contribution in [-0.4, -0.2) is 0 Å². The molecule has 18 heavy (non-hydrogen) atoms. The van der Waals surface area contributed by atoms with Crippen LogP contribution in [0.1, 0.15) is 16.5 Å². The quantitative estimate of drug-likeness (QED) is 0.645. The molecule has 0 amide bonds. The van der Waals surface area contributed by atoms with Gasteiger partial charge in [-0.3, -0.25) is 11.3 Å². The fourth-order valence-electron chi connectivity index (χ4n) is 1.70. The third kappa shape index (κ3) is 3.30. The molecule has 1 atom stereocenters. The lowest BCUT2D eigenvalue weighted by atomic mass is 10.0. The van der Waals surface area contributed by atoms with E-state index in [4.69, 9.17) is 17.4 Å². The summed E-state index contributed by atoms with van der Waals surface area (Å²) in [6.07, 6.45) is 0.615. The van der Waals surface area contributed by atoms with Gasteiger partial charge in [0.05, 0.1) is 9.83 Å². The molecule has 2 rings (SSSR count). The van der Waals surface area contributed by atoms with Gasteiger partial charge in [0.2, 0.25) is 0 Å². The van der Waals surface area contributed by atoms with Crippen LogP contribution in [0.4, 0.5) is 4.39 Å². The molecule has 0 radical (unpaired) electrons. The van der Waals surface area contributed by atoms with Gasteiger partial charge in [-0.15, -0.1) is 11.3 Å². The molecule has 0 aliphatic carbocycles. The van der Waals surface area contributed by atoms with Crippen LogP contribution in [0.3, 0.4) is 0 Å². The summed E-state index contributed by atoms with van der Waals surface area (Å²) in [7, 11) is 0. The smallest absolute Gasteiger partial charge is 0.128 e. The van der Waals surface area contributed by atoms with E-state index in [2.05, 4.69) is 21.4 Å². The van der Waals surface area contributed by atoms with Crippen molar-refractivity contribution in [1.29, 1.82) is 0 Å². The summed E-state index contributed by atoms with van der Waals surface area (Å²) in [5.41, 5.74) is 3.12. The molecular weight excluding hydrogens is 339 g/mol. The molecule has 2 nitrogen and oxygen atoms in total. The van der Waals surface area contributed by atoms with E-state index in [0.29, 0.717) is 17.0 Å². The van der Waals surface area contributed by atoms with Crippen LogP contribution in [0.5, 0.6) is 0 Å². The van der Waals surface area contributed by atoms with Crippen molar-refractivity contribution in [3.63, 3.8) is 0 Å². The SMILES string of the molecule is NNC(Cc1ccc(Br)s1)c1cc(Cl)ccc1F. The Hall–Kier alpha value is -0.460. The highest BCUT2D eigenvalue weighted by molar-refractivity contribution is 9.11. The number of rotatable bonds is 4. The maximum absolute atomic E-state index is 13.8. The lowest BCUT2D eigenvalue weighted by molar-refractivity contribution is 0.513. The third-order valence-corrected chi connectivity index (χ3v) is 4.45. The molecule has 0 saturated heterocycles. The average Bonchev–Trinajstić information content (AvgIpc) is 2.75. The molecule has 0 spiro atoms. The van der Waals surface area contributed by atoms with E-state index >= 15 is 0 Å². The highest BCUT2D eigenvalue weighted by Crippen LogP contribution is 2.28. The number of nitrogens with one attached hydrogen (secondary N) is 1. The molecule has 2 aromatic rings. The van der Waals surface area contributed by atoms with E-state index in [1.165, 1.54) is 12.1 Å². The molecular formula is C12H11BrClFN2S. The van der Waals surface area contributed by atoms with E-state index in [0.717, 1.165) is 8.66 Å². The zero-order chi connectivity index (χ0) is 13.1. The Labute approximate surface area is 122 Å². The van der Waals surface area contributed by atoms with Crippen molar-refractivity contribution in [2.75, 3.05) is 0 Å². The number of hydrogen-bond donors (Lipinski definition) is 2. The summed E-state index contributed by atoms with van der Waals surface area (Å²) in [6, 6.07) is 8.13. The Morgan fingerprint density at radius 3 is 2.78 bits per heavy atom. The minimum Gasteiger partial charge on any atom is -0.271 e. The Kier molecular flexibility index (Phi) is 4.75. The minimum atomic E-state index is -0.307. The van der Waals surface area contributed by atoms with Crippen molar-refractivity contribution >= 4 is 38.9 Å². The first-order valence-corrected chi connectivity index (χ1v) is 7.24. The third-order valence-electron chi connectivity index (χ3n) is 2.57. The second-order valence-corrected chi connectivity index (χ2v) is 6.78. The predicted molar refractivity (Wildman–Crippen MR) is 77.2 cm³/mol. The van der Waals surface area contributed by atoms with E-state index in [1.54, 1.807) is 17.4 Å². The Bertz CT molecular complexity index is 547. The van der Waals surface area contributed by atoms with Crippen LogP contribution in [-0.2, 0) is 6.42 Å². The highest BCUT2D eigenvalue weighted by Gasteiger charge is 2.16. The number of thiophene rings is 1. The number of benzene rings is 1. The van der Waals surface area contributed by atoms with Gasteiger partial charge in [0.25, 0.3) is 0 Å². The maximum atomic E-state index is 13.8. The summed E-state index contributed by atoms with van der Waals surface area (Å²) < 4.78 is 14.8. The standard InChI is InChI=1S/C12H11BrClFN2S/c13-12-4-2-8(18-12)6-11(17-16)9-5-7(14)1-3-10(9)15/h1-5,11,17H,6,16H2. The van der Waals surface area contributed by atoms with Crippen LogP contribution in [0, 0.1) is 5.82 Å². The largest absolute Gasteiger partial charge is 0.271 e. The van der Waals surface area contributed by atoms with Crippen molar-refractivity contribution in [3.05, 3.63) is 55.4 Å². The summed E-state index contributed by atoms with van der Waals surface area (Å²) in [5.74, 6) is 5.20. The van der Waals surface area contributed by atoms with Gasteiger partial charge in [0.1, 0.15) is 5.82 Å². The molecule has 6 heteroatoms. The van der Waals surface area contributed by atoms with Crippen LogP contribution in [0.25, 0.3) is 0 Å². The number of hydrogen-bond acceptors (Lipinski definition) is 3. The van der Waals surface area contributed by atoms with Gasteiger partial charge in [0.15, 0.2) is 0 Å². The Morgan fingerprint density at radius 2 is 2.17 bits per heavy atom. The van der Waals surface area contributed by atoms with Gasteiger partial charge in [0, 0.05) is 21.9 Å². The Balaban J connectivity index is 2.25. The van der Waals surface area contributed by atoms with Crippen molar-refractivity contribution in [2.45, 2.75) is 12.5 Å². The van der Waals surface area contributed by atoms with E-state index in [-0.39, 0.29) is 11.9 Å². The fraction of sp³-hybridized carbons (Fsp3) is 0.167. The average molecular weight is 350 g/mol. The van der Waals surface area contributed by atoms with Gasteiger partial charge >= 0.3 is 0 Å². The number of halogens is 3. The molecule has 96 valence electrons. The van der Waals surface area contributed by atoms with Crippen molar-refractivity contribution in [2.24, 2.45) is 5.84 Å². The maximum Gasteiger partial charge on any atom is 0.128 e. The van der Waals surface area contributed by atoms with E-state index in [9.17, 15) is 4.39 Å². The molecule has 0 saturated carbocycles. The molecule has 1 unspecified atom stereocenters. The van der Waals surface area contributed by atoms with Crippen LogP contribution >= 0.6 is 38.9 Å². The normalized spacial score (nSPS) is 12.7. The van der Waals surface area contributed by atoms with Crippen LogP contribution < -0.4 is 11.3 Å². The predicted octanol–water partition coefficient (Wildman–Crippen LogP) is 4.05. The van der Waals surface area contributed by atoms with Gasteiger partial charge in [-0.1, -0.05) is 11.6 Å². The zero-order valence-electron chi connectivity index (χ0n) is 9.29. The van der Waals surface area contributed by atoms with Crippen molar-refractivity contribution < 1.29 is 4.39 Å². The molecule has 1 aromatic heterocycles. The monoisotopic (exact) mass is 348 g/mol. The molecule has 0 aliphatic rings. The molecule has 3 N–H and O–H groups in total. The first-order chi connectivity index (χ1) is 8.60. The summed E-state index contributed by atoms with van der Waals surface area (Å²) in [4.78, 5) is 1.12. The van der Waals surface area contributed by atoms with Crippen LogP contribution in [0.15, 0.2) is 34.1 Å². The van der Waals surface area contributed by atoms with Crippen LogP contribution in [0.2, 0.25) is 5.02 Å². The van der Waals surface area contributed by atoms with Gasteiger partial charge in [-0.05, 0) is 46.3 Å². The topological polar surface area (TPSA) is 38.0 Å². The summed E-state index contributed by atoms with van der Waals surface area (Å²) in [6.45, 7) is 0. The van der Waals surface area contributed by atoms with Gasteiger partial charge in [-0.25, -0.2) is 4.39 Å². The number of nitrogens with two attached hydrogens (primary N) is 1. The molecule has 1 heterocycles. The molecule has 0 aliphatic heterocycles. The fourth-order valence-corrected chi connectivity index (χ4v) is 3.41.